The average molecular weight is 289 g/mol. The van der Waals surface area contributed by atoms with Crippen LogP contribution in [0.2, 0.25) is 0 Å². The van der Waals surface area contributed by atoms with Crippen molar-refractivity contribution in [2.24, 2.45) is 5.73 Å². The molecule has 8 heteroatoms. The van der Waals surface area contributed by atoms with Crippen LogP contribution in [-0.4, -0.2) is 23.3 Å². The summed E-state index contributed by atoms with van der Waals surface area (Å²) in [7, 11) is 0. The Labute approximate surface area is 111 Å². The molecule has 0 fully saturated rings. The molecule has 3 N–H and O–H groups in total. The first kappa shape index (κ1) is 15.5. The molecule has 0 aliphatic carbocycles. The van der Waals surface area contributed by atoms with E-state index >= 15 is 0 Å². The van der Waals surface area contributed by atoms with Crippen LogP contribution in [0, 0.1) is 0 Å². The number of carbonyl (C=O) groups is 2. The second-order valence-electron chi connectivity index (χ2n) is 3.72. The third-order valence-corrected chi connectivity index (χ3v) is 2.04. The van der Waals surface area contributed by atoms with Gasteiger partial charge >= 0.3 is 12.3 Å². The molecule has 108 valence electrons. The van der Waals surface area contributed by atoms with Gasteiger partial charge in [0.25, 0.3) is 0 Å². The number of nitrogens with two attached hydrogens (primary N) is 1. The van der Waals surface area contributed by atoms with Crippen LogP contribution in [0.25, 0.3) is 6.08 Å². The quantitative estimate of drug-likeness (QED) is 0.869. The van der Waals surface area contributed by atoms with Gasteiger partial charge in [-0.05, 0) is 23.8 Å². The molecule has 1 aromatic carbocycles. The van der Waals surface area contributed by atoms with E-state index in [1.807, 2.05) is 0 Å². The number of ether oxygens (including phenoxy) is 1. The van der Waals surface area contributed by atoms with Gasteiger partial charge in [-0.2, -0.15) is 0 Å². The number of carbonyl (C=O) groups excluding carboxylic acids is 1. The second-order valence-corrected chi connectivity index (χ2v) is 3.72. The van der Waals surface area contributed by atoms with Crippen LogP contribution < -0.4 is 10.5 Å². The third kappa shape index (κ3) is 5.42. The number of halogens is 3. The van der Waals surface area contributed by atoms with Gasteiger partial charge in [0, 0.05) is 6.42 Å². The number of hydrogen-bond acceptors (Lipinski definition) is 3. The highest BCUT2D eigenvalue weighted by molar-refractivity contribution is 5.89. The van der Waals surface area contributed by atoms with E-state index in [1.54, 1.807) is 0 Å². The van der Waals surface area contributed by atoms with Crippen LogP contribution in [0.4, 0.5) is 13.2 Å². The van der Waals surface area contributed by atoms with Gasteiger partial charge in [-0.25, -0.2) is 4.79 Å². The number of carboxylic acids is 1. The van der Waals surface area contributed by atoms with E-state index in [2.05, 4.69) is 4.74 Å². The molecule has 0 spiro atoms. The molecule has 0 saturated heterocycles. The highest BCUT2D eigenvalue weighted by Gasteiger charge is 2.31. The van der Waals surface area contributed by atoms with Crippen molar-refractivity contribution in [1.29, 1.82) is 0 Å². The van der Waals surface area contributed by atoms with Gasteiger partial charge in [-0.3, -0.25) is 4.79 Å². The fraction of sp³-hybridized carbons (Fsp3) is 0.167. The summed E-state index contributed by atoms with van der Waals surface area (Å²) >= 11 is 0. The topological polar surface area (TPSA) is 89.6 Å². The lowest BCUT2D eigenvalue weighted by atomic mass is 10.1. The fourth-order valence-corrected chi connectivity index (χ4v) is 1.35. The number of alkyl halides is 3. The molecule has 0 saturated carbocycles. The standard InChI is InChI=1S/C12H10F3NO4/c13-12(14,15)20-9-5-7(2-1-3-10(16)17)4-8(6-9)11(18)19/h1-2,4-6H,3H2,(H2,16,17)(H,18,19). The van der Waals surface area contributed by atoms with E-state index in [9.17, 15) is 22.8 Å². The zero-order valence-electron chi connectivity index (χ0n) is 9.98. The second kappa shape index (κ2) is 6.09. The van der Waals surface area contributed by atoms with Crippen LogP contribution in [0.1, 0.15) is 22.3 Å². The first-order chi connectivity index (χ1) is 9.17. The number of aromatic carboxylic acids is 1. The smallest absolute Gasteiger partial charge is 0.478 e. The average Bonchev–Trinajstić information content (AvgIpc) is 2.25. The number of benzene rings is 1. The summed E-state index contributed by atoms with van der Waals surface area (Å²) < 4.78 is 40.0. The maximum absolute atomic E-state index is 12.1. The zero-order chi connectivity index (χ0) is 15.3. The molecular weight excluding hydrogens is 279 g/mol. The molecule has 0 heterocycles. The largest absolute Gasteiger partial charge is 0.573 e. The van der Waals surface area contributed by atoms with Crippen molar-refractivity contribution in [2.75, 3.05) is 0 Å². The Hall–Kier alpha value is -2.51. The first-order valence-electron chi connectivity index (χ1n) is 5.26. The highest BCUT2D eigenvalue weighted by atomic mass is 19.4. The summed E-state index contributed by atoms with van der Waals surface area (Å²) in [6.07, 6.45) is -2.46. The molecule has 5 nitrogen and oxygen atoms in total. The minimum Gasteiger partial charge on any atom is -0.478 e. The van der Waals surface area contributed by atoms with Crippen molar-refractivity contribution in [2.45, 2.75) is 12.8 Å². The molecule has 0 aliphatic heterocycles. The molecule has 1 amide bonds. The Morgan fingerprint density at radius 3 is 2.45 bits per heavy atom. The lowest BCUT2D eigenvalue weighted by molar-refractivity contribution is -0.274. The predicted octanol–water partition coefficient (Wildman–Crippen LogP) is 2.17. The molecule has 0 bridgehead atoms. The molecule has 0 aromatic heterocycles. The predicted molar refractivity (Wildman–Crippen MR) is 62.9 cm³/mol. The van der Waals surface area contributed by atoms with E-state index in [-0.39, 0.29) is 17.5 Å². The van der Waals surface area contributed by atoms with Crippen molar-refractivity contribution in [3.63, 3.8) is 0 Å². The Morgan fingerprint density at radius 1 is 1.30 bits per heavy atom. The summed E-state index contributed by atoms with van der Waals surface area (Å²) in [6.45, 7) is 0. The zero-order valence-corrected chi connectivity index (χ0v) is 9.98. The number of rotatable bonds is 5. The maximum Gasteiger partial charge on any atom is 0.573 e. The van der Waals surface area contributed by atoms with Crippen LogP contribution in [0.15, 0.2) is 24.3 Å². The minimum atomic E-state index is -4.93. The van der Waals surface area contributed by atoms with Gasteiger partial charge in [0.15, 0.2) is 0 Å². The minimum absolute atomic E-state index is 0.118. The first-order valence-corrected chi connectivity index (χ1v) is 5.26. The Balaban J connectivity index is 3.07. The van der Waals surface area contributed by atoms with Gasteiger partial charge in [0.2, 0.25) is 5.91 Å². The van der Waals surface area contributed by atoms with Crippen LogP contribution in [0.5, 0.6) is 5.75 Å². The molecule has 0 radical (unpaired) electrons. The monoisotopic (exact) mass is 289 g/mol. The summed E-state index contributed by atoms with van der Waals surface area (Å²) in [5.41, 5.74) is 4.66. The van der Waals surface area contributed by atoms with Crippen LogP contribution in [-0.2, 0) is 4.79 Å². The van der Waals surface area contributed by atoms with Gasteiger partial charge in [0.05, 0.1) is 5.56 Å². The van der Waals surface area contributed by atoms with Crippen molar-refractivity contribution >= 4 is 18.0 Å². The van der Waals surface area contributed by atoms with Gasteiger partial charge in [-0.15, -0.1) is 13.2 Å². The normalized spacial score (nSPS) is 11.6. The van der Waals surface area contributed by atoms with Crippen molar-refractivity contribution in [3.8, 4) is 5.75 Å². The van der Waals surface area contributed by atoms with E-state index < -0.39 is 24.0 Å². The van der Waals surface area contributed by atoms with Crippen molar-refractivity contribution in [1.82, 2.24) is 0 Å². The van der Waals surface area contributed by atoms with E-state index in [4.69, 9.17) is 10.8 Å². The summed E-state index contributed by atoms with van der Waals surface area (Å²) in [6, 6.07) is 2.89. The Morgan fingerprint density at radius 2 is 1.95 bits per heavy atom. The highest BCUT2D eigenvalue weighted by Crippen LogP contribution is 2.25. The lowest BCUT2D eigenvalue weighted by Crippen LogP contribution is -2.17. The SMILES string of the molecule is NC(=O)CC=Cc1cc(OC(F)(F)F)cc(C(=O)O)c1. The number of carboxylic acid groups (broad SMARTS) is 1. The van der Waals surface area contributed by atoms with Gasteiger partial charge in [-0.1, -0.05) is 12.2 Å². The summed E-state index contributed by atoms with van der Waals surface area (Å²) in [4.78, 5) is 21.3. The summed E-state index contributed by atoms with van der Waals surface area (Å²) in [5.74, 6) is -2.68. The van der Waals surface area contributed by atoms with E-state index in [1.165, 1.54) is 12.2 Å². The van der Waals surface area contributed by atoms with Crippen molar-refractivity contribution in [3.05, 3.63) is 35.4 Å². The van der Waals surface area contributed by atoms with Crippen LogP contribution >= 0.6 is 0 Å². The molecule has 1 rings (SSSR count). The fourth-order valence-electron chi connectivity index (χ4n) is 1.35. The molecule has 20 heavy (non-hydrogen) atoms. The number of primary amides is 1. The van der Waals surface area contributed by atoms with E-state index in [0.29, 0.717) is 0 Å². The third-order valence-electron chi connectivity index (χ3n) is 2.04. The number of hydrogen-bond donors (Lipinski definition) is 2. The molecule has 0 atom stereocenters. The van der Waals surface area contributed by atoms with Gasteiger partial charge in [0.1, 0.15) is 5.75 Å². The number of amides is 1. The molecule has 1 aromatic rings. The lowest BCUT2D eigenvalue weighted by Gasteiger charge is -2.10. The van der Waals surface area contributed by atoms with Crippen molar-refractivity contribution < 1.29 is 32.6 Å². The molecular formula is C12H10F3NO4. The van der Waals surface area contributed by atoms with E-state index in [0.717, 1.165) is 18.2 Å². The Kier molecular flexibility index (Phi) is 4.73. The Bertz CT molecular complexity index is 552. The van der Waals surface area contributed by atoms with Crippen LogP contribution in [0.3, 0.4) is 0 Å². The summed E-state index contributed by atoms with van der Waals surface area (Å²) in [5, 5.41) is 8.81. The molecule has 0 aliphatic rings. The molecule has 0 unspecified atom stereocenters. The maximum atomic E-state index is 12.1. The van der Waals surface area contributed by atoms with Gasteiger partial charge < -0.3 is 15.6 Å².